The second-order valence-electron chi connectivity index (χ2n) is 4.89. The normalized spacial score (nSPS) is 15.9. The van der Waals surface area contributed by atoms with Gasteiger partial charge in [-0.3, -0.25) is 9.59 Å². The number of aromatic amines is 1. The third-order valence-corrected chi connectivity index (χ3v) is 3.07. The van der Waals surface area contributed by atoms with E-state index in [-0.39, 0.29) is 17.0 Å². The molecule has 0 aliphatic heterocycles. The second kappa shape index (κ2) is 3.77. The number of aromatic nitrogens is 1. The molecule has 1 aromatic heterocycles. The average Bonchev–Trinajstić information content (AvgIpc) is 3.00. The quantitative estimate of drug-likeness (QED) is 0.806. The van der Waals surface area contributed by atoms with E-state index in [1.807, 2.05) is 13.8 Å². The van der Waals surface area contributed by atoms with Crippen molar-refractivity contribution < 1.29 is 4.79 Å². The fourth-order valence-corrected chi connectivity index (χ4v) is 1.86. The van der Waals surface area contributed by atoms with Crippen molar-refractivity contribution in [3.05, 3.63) is 34.2 Å². The average molecular weight is 220 g/mol. The molecule has 1 heterocycles. The number of hydrogen-bond acceptors (Lipinski definition) is 2. The van der Waals surface area contributed by atoms with Gasteiger partial charge in [-0.2, -0.15) is 0 Å². The van der Waals surface area contributed by atoms with Crippen molar-refractivity contribution in [3.8, 4) is 0 Å². The second-order valence-corrected chi connectivity index (χ2v) is 4.89. The van der Waals surface area contributed by atoms with Gasteiger partial charge >= 0.3 is 0 Å². The molecule has 1 aliphatic rings. The van der Waals surface area contributed by atoms with E-state index in [0.717, 1.165) is 0 Å². The summed E-state index contributed by atoms with van der Waals surface area (Å²) in [6, 6.07) is 2.93. The summed E-state index contributed by atoms with van der Waals surface area (Å²) >= 11 is 0. The summed E-state index contributed by atoms with van der Waals surface area (Å²) in [5, 5.41) is 2.97. The van der Waals surface area contributed by atoms with Crippen molar-refractivity contribution in [3.63, 3.8) is 0 Å². The van der Waals surface area contributed by atoms with Crippen molar-refractivity contribution in [2.24, 2.45) is 5.92 Å². The van der Waals surface area contributed by atoms with Crippen LogP contribution in [0.3, 0.4) is 0 Å². The van der Waals surface area contributed by atoms with Crippen LogP contribution in [-0.2, 0) is 0 Å². The van der Waals surface area contributed by atoms with E-state index in [1.54, 1.807) is 6.07 Å². The van der Waals surface area contributed by atoms with Crippen LogP contribution in [0.5, 0.6) is 0 Å². The van der Waals surface area contributed by atoms with Crippen molar-refractivity contribution in [2.45, 2.75) is 32.2 Å². The van der Waals surface area contributed by atoms with Crippen molar-refractivity contribution in [1.82, 2.24) is 10.3 Å². The lowest BCUT2D eigenvalue weighted by Crippen LogP contribution is -2.45. The topological polar surface area (TPSA) is 62.0 Å². The highest BCUT2D eigenvalue weighted by Crippen LogP contribution is 2.39. The van der Waals surface area contributed by atoms with E-state index in [4.69, 9.17) is 0 Å². The van der Waals surface area contributed by atoms with Gasteiger partial charge < -0.3 is 10.3 Å². The predicted molar refractivity (Wildman–Crippen MR) is 61.3 cm³/mol. The zero-order valence-electron chi connectivity index (χ0n) is 9.54. The van der Waals surface area contributed by atoms with E-state index in [1.165, 1.54) is 25.1 Å². The molecule has 2 N–H and O–H groups in total. The number of amides is 1. The molecule has 1 amide bonds. The largest absolute Gasteiger partial charge is 0.347 e. The molecule has 0 unspecified atom stereocenters. The molecular weight excluding hydrogens is 204 g/mol. The monoisotopic (exact) mass is 220 g/mol. The van der Waals surface area contributed by atoms with Gasteiger partial charge in [-0.15, -0.1) is 0 Å². The van der Waals surface area contributed by atoms with Gasteiger partial charge in [-0.25, -0.2) is 0 Å². The molecule has 1 saturated carbocycles. The van der Waals surface area contributed by atoms with Crippen LogP contribution in [0.4, 0.5) is 0 Å². The molecule has 0 aromatic carbocycles. The maximum absolute atomic E-state index is 11.9. The summed E-state index contributed by atoms with van der Waals surface area (Å²) in [6.07, 6.45) is 3.83. The first kappa shape index (κ1) is 10.9. The van der Waals surface area contributed by atoms with Crippen LogP contribution in [-0.4, -0.2) is 16.4 Å². The first-order chi connectivity index (χ1) is 7.49. The van der Waals surface area contributed by atoms with Gasteiger partial charge in [-0.1, -0.05) is 0 Å². The third-order valence-electron chi connectivity index (χ3n) is 3.07. The van der Waals surface area contributed by atoms with Crippen LogP contribution in [0.15, 0.2) is 23.1 Å². The molecule has 0 radical (unpaired) electrons. The SMILES string of the molecule is CC(C)(NC(=O)c1cc[nH]c(=O)c1)C1CC1. The van der Waals surface area contributed by atoms with Crippen molar-refractivity contribution in [1.29, 1.82) is 0 Å². The zero-order valence-corrected chi connectivity index (χ0v) is 9.54. The molecule has 16 heavy (non-hydrogen) atoms. The molecule has 86 valence electrons. The number of carbonyl (C=O) groups excluding carboxylic acids is 1. The maximum Gasteiger partial charge on any atom is 0.251 e. The summed E-state index contributed by atoms with van der Waals surface area (Å²) in [5.74, 6) is 0.390. The van der Waals surface area contributed by atoms with Crippen LogP contribution in [0, 0.1) is 5.92 Å². The Morgan fingerprint density at radius 2 is 2.19 bits per heavy atom. The number of pyridine rings is 1. The Bertz CT molecular complexity index is 458. The van der Waals surface area contributed by atoms with Crippen LogP contribution >= 0.6 is 0 Å². The van der Waals surface area contributed by atoms with E-state index < -0.39 is 0 Å². The number of H-pyrrole nitrogens is 1. The molecule has 2 rings (SSSR count). The highest BCUT2D eigenvalue weighted by atomic mass is 16.2. The Morgan fingerprint density at radius 3 is 2.75 bits per heavy atom. The number of hydrogen-bond donors (Lipinski definition) is 2. The first-order valence-corrected chi connectivity index (χ1v) is 5.50. The minimum atomic E-state index is -0.253. The highest BCUT2D eigenvalue weighted by molar-refractivity contribution is 5.94. The summed E-state index contributed by atoms with van der Waals surface area (Å²) in [6.45, 7) is 4.05. The fraction of sp³-hybridized carbons (Fsp3) is 0.500. The minimum Gasteiger partial charge on any atom is -0.347 e. The molecule has 0 spiro atoms. The Hall–Kier alpha value is -1.58. The Labute approximate surface area is 94.1 Å². The van der Waals surface area contributed by atoms with Gasteiger partial charge in [0.15, 0.2) is 0 Å². The zero-order chi connectivity index (χ0) is 11.8. The molecule has 0 bridgehead atoms. The standard InChI is InChI=1S/C12H16N2O2/c1-12(2,9-3-4-9)14-11(16)8-5-6-13-10(15)7-8/h5-7,9H,3-4H2,1-2H3,(H,13,15)(H,14,16). The summed E-state index contributed by atoms with van der Waals surface area (Å²) in [4.78, 5) is 25.4. The van der Waals surface area contributed by atoms with Gasteiger partial charge in [0.05, 0.1) is 0 Å². The van der Waals surface area contributed by atoms with Gasteiger partial charge in [0.2, 0.25) is 5.56 Å². The lowest BCUT2D eigenvalue weighted by Gasteiger charge is -2.26. The number of nitrogens with one attached hydrogen (secondary N) is 2. The van der Waals surface area contributed by atoms with Crippen LogP contribution in [0.1, 0.15) is 37.0 Å². The molecule has 4 heteroatoms. The van der Waals surface area contributed by atoms with Crippen LogP contribution < -0.4 is 10.9 Å². The van der Waals surface area contributed by atoms with E-state index in [0.29, 0.717) is 11.5 Å². The van der Waals surface area contributed by atoms with Crippen LogP contribution in [0.2, 0.25) is 0 Å². The van der Waals surface area contributed by atoms with Crippen molar-refractivity contribution in [2.75, 3.05) is 0 Å². The van der Waals surface area contributed by atoms with E-state index in [2.05, 4.69) is 10.3 Å². The van der Waals surface area contributed by atoms with E-state index >= 15 is 0 Å². The molecule has 0 saturated heterocycles. The Morgan fingerprint density at radius 1 is 1.50 bits per heavy atom. The number of rotatable bonds is 3. The third kappa shape index (κ3) is 2.32. The molecule has 1 aromatic rings. The highest BCUT2D eigenvalue weighted by Gasteiger charge is 2.38. The van der Waals surface area contributed by atoms with Gasteiger partial charge in [0.1, 0.15) is 0 Å². The number of carbonyl (C=O) groups is 1. The maximum atomic E-state index is 11.9. The summed E-state index contributed by atoms with van der Waals surface area (Å²) < 4.78 is 0. The first-order valence-electron chi connectivity index (χ1n) is 5.50. The summed E-state index contributed by atoms with van der Waals surface area (Å²) in [5.41, 5.74) is -0.0194. The molecule has 1 fully saturated rings. The Kier molecular flexibility index (Phi) is 2.58. The smallest absolute Gasteiger partial charge is 0.251 e. The van der Waals surface area contributed by atoms with Gasteiger partial charge in [0.25, 0.3) is 5.91 Å². The van der Waals surface area contributed by atoms with Crippen LogP contribution in [0.25, 0.3) is 0 Å². The fourth-order valence-electron chi connectivity index (χ4n) is 1.86. The lowest BCUT2D eigenvalue weighted by molar-refractivity contribution is 0.0903. The van der Waals surface area contributed by atoms with Gasteiger partial charge in [0, 0.05) is 23.4 Å². The predicted octanol–water partition coefficient (Wildman–Crippen LogP) is 1.29. The van der Waals surface area contributed by atoms with Crippen molar-refractivity contribution >= 4 is 5.91 Å². The summed E-state index contributed by atoms with van der Waals surface area (Å²) in [7, 11) is 0. The Balaban J connectivity index is 2.11. The molecule has 4 nitrogen and oxygen atoms in total. The molecule has 1 aliphatic carbocycles. The minimum absolute atomic E-state index is 0.178. The van der Waals surface area contributed by atoms with Gasteiger partial charge in [-0.05, 0) is 38.7 Å². The lowest BCUT2D eigenvalue weighted by atomic mass is 9.98. The molecular formula is C12H16N2O2. The van der Waals surface area contributed by atoms with E-state index in [9.17, 15) is 9.59 Å². The molecule has 0 atom stereocenters.